The molecule has 0 radical (unpaired) electrons. The van der Waals surface area contributed by atoms with Crippen LogP contribution in [0.2, 0.25) is 0 Å². The molecule has 0 unspecified atom stereocenters. The van der Waals surface area contributed by atoms with Crippen LogP contribution in [0.4, 0.5) is 0 Å². The van der Waals surface area contributed by atoms with Gasteiger partial charge in [0.05, 0.1) is 17.6 Å². The summed E-state index contributed by atoms with van der Waals surface area (Å²) in [5.74, 6) is -2.33. The first-order chi connectivity index (χ1) is 17.8. The second-order valence-electron chi connectivity index (χ2n) is 12.1. The van der Waals surface area contributed by atoms with E-state index in [4.69, 9.17) is 9.47 Å². The van der Waals surface area contributed by atoms with Gasteiger partial charge in [0.15, 0.2) is 5.78 Å². The Labute approximate surface area is 222 Å². The van der Waals surface area contributed by atoms with Crippen LogP contribution < -0.4 is 0 Å². The average molecular weight is 525 g/mol. The number of aliphatic hydroxyl groups is 3. The average Bonchev–Trinajstić information content (AvgIpc) is 3.09. The van der Waals surface area contributed by atoms with Crippen molar-refractivity contribution in [1.82, 2.24) is 0 Å². The highest BCUT2D eigenvalue weighted by molar-refractivity contribution is 5.88. The van der Waals surface area contributed by atoms with Gasteiger partial charge in [-0.1, -0.05) is 57.7 Å². The molecule has 4 aliphatic rings. The molecule has 4 fully saturated rings. The van der Waals surface area contributed by atoms with Crippen LogP contribution in [-0.2, 0) is 23.9 Å². The Morgan fingerprint density at radius 1 is 1.05 bits per heavy atom. The second-order valence-corrected chi connectivity index (χ2v) is 12.1. The number of Topliss-reactive ketones (excluding diaryl/α,β-unsaturated/α-hetero) is 1. The smallest absolute Gasteiger partial charge is 0.331 e. The Morgan fingerprint density at radius 3 is 2.34 bits per heavy atom. The number of esters is 2. The van der Waals surface area contributed by atoms with Gasteiger partial charge >= 0.3 is 11.9 Å². The normalized spacial score (nSPS) is 43.0. The van der Waals surface area contributed by atoms with Crippen molar-refractivity contribution in [2.24, 2.45) is 27.6 Å². The molecule has 0 saturated heterocycles. The topological polar surface area (TPSA) is 130 Å². The van der Waals surface area contributed by atoms with E-state index in [2.05, 4.69) is 6.58 Å². The fourth-order valence-corrected chi connectivity index (χ4v) is 9.05. The fraction of sp³-hybridized carbons (Fsp3) is 0.567. The second kappa shape index (κ2) is 8.60. The molecule has 0 aliphatic heterocycles. The summed E-state index contributed by atoms with van der Waals surface area (Å²) in [4.78, 5) is 38.4. The number of benzene rings is 1. The zero-order valence-corrected chi connectivity index (χ0v) is 22.2. The maximum absolute atomic E-state index is 13.2. The van der Waals surface area contributed by atoms with Gasteiger partial charge in [0.1, 0.15) is 18.3 Å². The van der Waals surface area contributed by atoms with Gasteiger partial charge in [-0.3, -0.25) is 9.59 Å². The summed E-state index contributed by atoms with van der Waals surface area (Å²) < 4.78 is 11.6. The first-order valence-corrected chi connectivity index (χ1v) is 13.2. The van der Waals surface area contributed by atoms with Gasteiger partial charge in [-0.25, -0.2) is 4.79 Å². The molecule has 2 spiro atoms. The molecule has 8 nitrogen and oxygen atoms in total. The predicted molar refractivity (Wildman–Crippen MR) is 137 cm³/mol. The van der Waals surface area contributed by atoms with Gasteiger partial charge in [-0.15, -0.1) is 0 Å². The zero-order valence-electron chi connectivity index (χ0n) is 22.2. The monoisotopic (exact) mass is 524 g/mol. The predicted octanol–water partition coefficient (Wildman–Crippen LogP) is 2.60. The number of hydrogen-bond donors (Lipinski definition) is 3. The SMILES string of the molecule is C=C1[C@@H](OC(=O)/C=C/c2ccccc2)CC[C@@]2(C)[C@@H](O)[C@H](OC(C)=O)[C@@]34[C@H](O)C(=O)C[C@@H]([C@@H](O)[C@@]132)C4(C)C. The van der Waals surface area contributed by atoms with E-state index in [1.807, 2.05) is 44.2 Å². The minimum Gasteiger partial charge on any atom is -0.459 e. The number of carbonyl (C=O) groups excluding carboxylic acids is 3. The summed E-state index contributed by atoms with van der Waals surface area (Å²) in [5.41, 5.74) is -3.96. The molecule has 0 aromatic heterocycles. The molecule has 38 heavy (non-hydrogen) atoms. The van der Waals surface area contributed by atoms with Crippen LogP contribution in [0.3, 0.4) is 0 Å². The number of fused-ring (bicyclic) bond motifs is 1. The molecule has 3 N–H and O–H groups in total. The number of aliphatic hydroxyl groups excluding tert-OH is 3. The highest BCUT2D eigenvalue weighted by Gasteiger charge is 2.91. The number of ketones is 1. The molecule has 204 valence electrons. The van der Waals surface area contributed by atoms with Crippen molar-refractivity contribution in [3.63, 3.8) is 0 Å². The first kappa shape index (κ1) is 26.8. The van der Waals surface area contributed by atoms with Crippen LogP contribution in [-0.4, -0.2) is 63.6 Å². The van der Waals surface area contributed by atoms with Crippen molar-refractivity contribution in [3.05, 3.63) is 54.1 Å². The molecule has 8 heteroatoms. The molecule has 1 aromatic rings. The minimum atomic E-state index is -1.63. The van der Waals surface area contributed by atoms with Crippen LogP contribution in [0.5, 0.6) is 0 Å². The summed E-state index contributed by atoms with van der Waals surface area (Å²) >= 11 is 0. The van der Waals surface area contributed by atoms with Crippen LogP contribution >= 0.6 is 0 Å². The molecule has 1 aromatic carbocycles. The van der Waals surface area contributed by atoms with Crippen molar-refractivity contribution in [2.45, 2.75) is 77.5 Å². The zero-order chi connectivity index (χ0) is 27.8. The number of hydrogen-bond acceptors (Lipinski definition) is 8. The summed E-state index contributed by atoms with van der Waals surface area (Å²) in [7, 11) is 0. The Hall–Kier alpha value is -2.81. The third kappa shape index (κ3) is 2.99. The summed E-state index contributed by atoms with van der Waals surface area (Å²) in [6.07, 6.45) is -2.76. The van der Waals surface area contributed by atoms with E-state index in [1.165, 1.54) is 13.0 Å². The molecular formula is C30H36O8. The van der Waals surface area contributed by atoms with Crippen molar-refractivity contribution >= 4 is 23.8 Å². The lowest BCUT2D eigenvalue weighted by Gasteiger charge is -2.60. The molecule has 0 amide bonds. The molecule has 2 bridgehead atoms. The summed E-state index contributed by atoms with van der Waals surface area (Å²) in [6, 6.07) is 9.28. The largest absolute Gasteiger partial charge is 0.459 e. The highest BCUT2D eigenvalue weighted by atomic mass is 16.6. The third-order valence-electron chi connectivity index (χ3n) is 10.5. The van der Waals surface area contributed by atoms with Crippen LogP contribution in [0, 0.1) is 27.6 Å². The van der Waals surface area contributed by atoms with Crippen molar-refractivity contribution < 1.29 is 39.2 Å². The van der Waals surface area contributed by atoms with Gasteiger partial charge in [0, 0.05) is 30.3 Å². The van der Waals surface area contributed by atoms with Gasteiger partial charge in [-0.2, -0.15) is 0 Å². The quantitative estimate of drug-likeness (QED) is 0.311. The maximum Gasteiger partial charge on any atom is 0.331 e. The van der Waals surface area contributed by atoms with Gasteiger partial charge in [-0.05, 0) is 41.4 Å². The van der Waals surface area contributed by atoms with Crippen LogP contribution in [0.25, 0.3) is 6.08 Å². The van der Waals surface area contributed by atoms with Gasteiger partial charge in [0.25, 0.3) is 0 Å². The molecule has 9 atom stereocenters. The Morgan fingerprint density at radius 2 is 1.71 bits per heavy atom. The molecule has 4 saturated carbocycles. The van der Waals surface area contributed by atoms with Crippen molar-refractivity contribution in [1.29, 1.82) is 0 Å². The first-order valence-electron chi connectivity index (χ1n) is 13.2. The van der Waals surface area contributed by atoms with E-state index >= 15 is 0 Å². The fourth-order valence-electron chi connectivity index (χ4n) is 9.05. The lowest BCUT2D eigenvalue weighted by Crippen LogP contribution is -2.66. The lowest BCUT2D eigenvalue weighted by molar-refractivity contribution is -0.205. The van der Waals surface area contributed by atoms with Gasteiger partial charge < -0.3 is 24.8 Å². The number of ether oxygens (including phenoxy) is 2. The summed E-state index contributed by atoms with van der Waals surface area (Å²) in [6.45, 7) is 11.0. The lowest BCUT2D eigenvalue weighted by atomic mass is 9.44. The standard InChI is InChI=1S/C30H36O8/c1-16-21(38-22(33)12-11-18-9-7-6-8-10-18)13-14-28(5)25(36)26(37-17(2)31)30-24(35)20(32)15-19(27(30,3)4)23(34)29(16,28)30/h6-12,19,21,23-26,34-36H,1,13-15H2,2-5H3/b12-11+/t19-,21-,23+,24+,25-,26-,28-,29+,30+/m0/s1. The van der Waals surface area contributed by atoms with E-state index in [1.54, 1.807) is 13.0 Å². The number of carbonyl (C=O) groups is 3. The van der Waals surface area contributed by atoms with Crippen molar-refractivity contribution in [3.8, 4) is 0 Å². The van der Waals surface area contributed by atoms with Gasteiger partial charge in [0.2, 0.25) is 0 Å². The molecule has 0 heterocycles. The number of rotatable bonds is 4. The molecule has 4 aliphatic carbocycles. The Bertz CT molecular complexity index is 1220. The minimum absolute atomic E-state index is 0.0602. The summed E-state index contributed by atoms with van der Waals surface area (Å²) in [5, 5.41) is 35.6. The van der Waals surface area contributed by atoms with E-state index in [9.17, 15) is 29.7 Å². The Balaban J connectivity index is 1.62. The third-order valence-corrected chi connectivity index (χ3v) is 10.5. The van der Waals surface area contributed by atoms with E-state index in [0.717, 1.165) is 5.56 Å². The Kier molecular flexibility index (Phi) is 6.06. The van der Waals surface area contributed by atoms with E-state index in [-0.39, 0.29) is 12.8 Å². The van der Waals surface area contributed by atoms with E-state index < -0.39 is 75.8 Å². The van der Waals surface area contributed by atoms with Crippen LogP contribution in [0.1, 0.15) is 52.5 Å². The molecular weight excluding hydrogens is 488 g/mol. The molecule has 5 rings (SSSR count). The van der Waals surface area contributed by atoms with Crippen LogP contribution in [0.15, 0.2) is 48.6 Å². The van der Waals surface area contributed by atoms with E-state index in [0.29, 0.717) is 12.0 Å². The highest BCUT2D eigenvalue weighted by Crippen LogP contribution is 2.84. The van der Waals surface area contributed by atoms with Crippen molar-refractivity contribution in [2.75, 3.05) is 0 Å². The maximum atomic E-state index is 13.2.